The van der Waals surface area contributed by atoms with Gasteiger partial charge in [0, 0.05) is 58.6 Å². The van der Waals surface area contributed by atoms with Gasteiger partial charge >= 0.3 is 0 Å². The first-order chi connectivity index (χ1) is 14.2. The minimum Gasteiger partial charge on any atom is -0.356 e. The number of nitrogens with zero attached hydrogens (tertiary/aromatic N) is 5. The van der Waals surface area contributed by atoms with E-state index in [1.807, 2.05) is 23.1 Å². The number of amides is 1. The Hall–Kier alpha value is -2.43. The van der Waals surface area contributed by atoms with Gasteiger partial charge in [0.2, 0.25) is 11.9 Å². The maximum Gasteiger partial charge on any atom is 0.225 e. The molecule has 1 atom stereocenters. The number of piperazine rings is 1. The topological polar surface area (TPSA) is 85.8 Å². The van der Waals surface area contributed by atoms with Gasteiger partial charge in [0.15, 0.2) is 5.96 Å². The molecule has 0 bridgehead atoms. The van der Waals surface area contributed by atoms with E-state index in [-0.39, 0.29) is 35.9 Å². The number of benzene rings is 1. The number of hydrogen-bond donors (Lipinski definition) is 2. The number of carbonyl (C=O) groups is 1. The van der Waals surface area contributed by atoms with Crippen molar-refractivity contribution < 1.29 is 4.79 Å². The zero-order chi connectivity index (χ0) is 20.5. The van der Waals surface area contributed by atoms with Crippen molar-refractivity contribution in [3.8, 4) is 0 Å². The molecular formula is C21H30IN7O. The van der Waals surface area contributed by atoms with Gasteiger partial charge in [-0.25, -0.2) is 9.97 Å². The minimum atomic E-state index is 0. The van der Waals surface area contributed by atoms with Crippen LogP contribution in [-0.4, -0.2) is 66.5 Å². The van der Waals surface area contributed by atoms with Crippen molar-refractivity contribution in [2.75, 3.05) is 44.7 Å². The Bertz CT molecular complexity index is 796. The molecule has 0 aliphatic carbocycles. The van der Waals surface area contributed by atoms with E-state index in [1.165, 1.54) is 5.56 Å². The van der Waals surface area contributed by atoms with Crippen LogP contribution in [0, 0.1) is 0 Å². The summed E-state index contributed by atoms with van der Waals surface area (Å²) in [7, 11) is 1.74. The summed E-state index contributed by atoms with van der Waals surface area (Å²) < 4.78 is 0. The fraction of sp³-hybridized carbons (Fsp3) is 0.429. The van der Waals surface area contributed by atoms with Crippen molar-refractivity contribution in [1.82, 2.24) is 25.5 Å². The van der Waals surface area contributed by atoms with Crippen LogP contribution in [0.15, 0.2) is 53.8 Å². The van der Waals surface area contributed by atoms with Gasteiger partial charge in [0.1, 0.15) is 0 Å². The quantitative estimate of drug-likeness (QED) is 0.343. The summed E-state index contributed by atoms with van der Waals surface area (Å²) in [5.74, 6) is 1.57. The van der Waals surface area contributed by atoms with Crippen LogP contribution in [0.25, 0.3) is 0 Å². The van der Waals surface area contributed by atoms with Crippen molar-refractivity contribution in [2.45, 2.75) is 19.4 Å². The van der Waals surface area contributed by atoms with Gasteiger partial charge < -0.3 is 20.4 Å². The second-order valence-electron chi connectivity index (χ2n) is 6.94. The number of rotatable bonds is 6. The molecule has 2 aromatic rings. The molecule has 2 heterocycles. The van der Waals surface area contributed by atoms with E-state index in [0.29, 0.717) is 32.0 Å². The lowest BCUT2D eigenvalue weighted by Gasteiger charge is -2.34. The van der Waals surface area contributed by atoms with Crippen molar-refractivity contribution in [1.29, 1.82) is 0 Å². The predicted molar refractivity (Wildman–Crippen MR) is 130 cm³/mol. The molecule has 0 radical (unpaired) electrons. The summed E-state index contributed by atoms with van der Waals surface area (Å²) in [6, 6.07) is 12.1. The number of hydrogen-bond acceptors (Lipinski definition) is 5. The predicted octanol–water partition coefficient (Wildman–Crippen LogP) is 2.06. The number of nitrogens with one attached hydrogen (secondary N) is 2. The summed E-state index contributed by atoms with van der Waals surface area (Å²) in [6.07, 6.45) is 3.92. The fourth-order valence-corrected chi connectivity index (χ4v) is 3.28. The molecule has 1 aliphatic rings. The number of anilines is 1. The number of aromatic nitrogens is 2. The molecule has 9 heteroatoms. The first-order valence-electron chi connectivity index (χ1n) is 9.99. The normalized spacial score (nSPS) is 15.2. The van der Waals surface area contributed by atoms with E-state index in [4.69, 9.17) is 0 Å². The SMILES string of the molecule is CN=C(NCCC(=O)N1CCN(c2ncccn2)CC1)NC(C)c1ccccc1.I. The van der Waals surface area contributed by atoms with Gasteiger partial charge in [0.05, 0.1) is 6.04 Å². The van der Waals surface area contributed by atoms with E-state index in [2.05, 4.69) is 49.6 Å². The molecule has 0 saturated carbocycles. The summed E-state index contributed by atoms with van der Waals surface area (Å²) >= 11 is 0. The average molecular weight is 523 g/mol. The highest BCUT2D eigenvalue weighted by atomic mass is 127. The third-order valence-corrected chi connectivity index (χ3v) is 4.98. The largest absolute Gasteiger partial charge is 0.356 e. The molecule has 30 heavy (non-hydrogen) atoms. The third kappa shape index (κ3) is 6.82. The van der Waals surface area contributed by atoms with Crippen molar-refractivity contribution in [3.05, 3.63) is 54.4 Å². The van der Waals surface area contributed by atoms with Crippen molar-refractivity contribution in [3.63, 3.8) is 0 Å². The summed E-state index contributed by atoms with van der Waals surface area (Å²) in [4.78, 5) is 29.4. The molecule has 3 rings (SSSR count). The molecule has 1 aliphatic heterocycles. The van der Waals surface area contributed by atoms with Crippen molar-refractivity contribution >= 4 is 41.8 Å². The second-order valence-corrected chi connectivity index (χ2v) is 6.94. The smallest absolute Gasteiger partial charge is 0.225 e. The average Bonchev–Trinajstić information content (AvgIpc) is 2.79. The van der Waals surface area contributed by atoms with Crippen LogP contribution in [0.2, 0.25) is 0 Å². The van der Waals surface area contributed by atoms with Crippen LogP contribution in [0.4, 0.5) is 5.95 Å². The fourth-order valence-electron chi connectivity index (χ4n) is 3.28. The minimum absolute atomic E-state index is 0. The Labute approximate surface area is 195 Å². The highest BCUT2D eigenvalue weighted by molar-refractivity contribution is 14.0. The Kier molecular flexibility index (Phi) is 9.78. The molecule has 1 aromatic heterocycles. The van der Waals surface area contributed by atoms with Crippen LogP contribution in [0.1, 0.15) is 24.9 Å². The maximum atomic E-state index is 12.5. The Morgan fingerprint density at radius 1 is 1.10 bits per heavy atom. The van der Waals surface area contributed by atoms with Crippen LogP contribution >= 0.6 is 24.0 Å². The van der Waals surface area contributed by atoms with Gasteiger partial charge in [-0.05, 0) is 18.6 Å². The molecule has 2 N–H and O–H groups in total. The van der Waals surface area contributed by atoms with Gasteiger partial charge in [-0.2, -0.15) is 0 Å². The highest BCUT2D eigenvalue weighted by Gasteiger charge is 2.22. The number of carbonyl (C=O) groups excluding carboxylic acids is 1. The first-order valence-corrected chi connectivity index (χ1v) is 9.99. The molecule has 1 saturated heterocycles. The van der Waals surface area contributed by atoms with Gasteiger partial charge in [0.25, 0.3) is 0 Å². The monoisotopic (exact) mass is 523 g/mol. The zero-order valence-corrected chi connectivity index (χ0v) is 19.8. The lowest BCUT2D eigenvalue weighted by atomic mass is 10.1. The first kappa shape index (κ1) is 23.8. The van der Waals surface area contributed by atoms with E-state index in [9.17, 15) is 4.79 Å². The molecule has 8 nitrogen and oxygen atoms in total. The number of aliphatic imine (C=N–C) groups is 1. The van der Waals surface area contributed by atoms with E-state index in [0.717, 1.165) is 19.0 Å². The van der Waals surface area contributed by atoms with Gasteiger partial charge in [-0.15, -0.1) is 24.0 Å². The van der Waals surface area contributed by atoms with Crippen LogP contribution in [0.3, 0.4) is 0 Å². The van der Waals surface area contributed by atoms with Gasteiger partial charge in [-0.3, -0.25) is 9.79 Å². The molecule has 1 amide bonds. The maximum absolute atomic E-state index is 12.5. The lowest BCUT2D eigenvalue weighted by Crippen LogP contribution is -2.50. The van der Waals surface area contributed by atoms with E-state index < -0.39 is 0 Å². The summed E-state index contributed by atoms with van der Waals surface area (Å²) in [6.45, 7) is 5.51. The number of guanidine groups is 1. The van der Waals surface area contributed by atoms with Crippen LogP contribution in [-0.2, 0) is 4.79 Å². The standard InChI is InChI=1S/C21H29N7O.HI/c1-17(18-7-4-3-5-8-18)26-20(22-2)23-12-9-19(29)27-13-15-28(16-14-27)21-24-10-6-11-25-21;/h3-8,10-11,17H,9,12-16H2,1-2H3,(H2,22,23,26);1H. The molecule has 0 spiro atoms. The highest BCUT2D eigenvalue weighted by Crippen LogP contribution is 2.11. The van der Waals surface area contributed by atoms with Gasteiger partial charge in [-0.1, -0.05) is 30.3 Å². The molecule has 1 unspecified atom stereocenters. The molecular weight excluding hydrogens is 493 g/mol. The Morgan fingerprint density at radius 2 is 1.77 bits per heavy atom. The second kappa shape index (κ2) is 12.3. The van der Waals surface area contributed by atoms with Crippen LogP contribution in [0.5, 0.6) is 0 Å². The Morgan fingerprint density at radius 3 is 2.40 bits per heavy atom. The zero-order valence-electron chi connectivity index (χ0n) is 17.5. The molecule has 1 fully saturated rings. The van der Waals surface area contributed by atoms with E-state index in [1.54, 1.807) is 25.5 Å². The van der Waals surface area contributed by atoms with Crippen molar-refractivity contribution in [2.24, 2.45) is 4.99 Å². The van der Waals surface area contributed by atoms with E-state index >= 15 is 0 Å². The lowest BCUT2D eigenvalue weighted by molar-refractivity contribution is -0.131. The molecule has 1 aromatic carbocycles. The summed E-state index contributed by atoms with van der Waals surface area (Å²) in [5, 5.41) is 6.59. The Balaban J connectivity index is 0.00000320. The summed E-state index contributed by atoms with van der Waals surface area (Å²) in [5.41, 5.74) is 1.19. The number of halogens is 1. The van der Waals surface area contributed by atoms with Crippen LogP contribution < -0.4 is 15.5 Å². The third-order valence-electron chi connectivity index (χ3n) is 4.98. The molecule has 162 valence electrons.